The molecule has 0 spiro atoms. The lowest BCUT2D eigenvalue weighted by atomic mass is 10.1. The molecule has 0 aliphatic carbocycles. The molecule has 1 amide bonds. The first-order chi connectivity index (χ1) is 11.2. The fraction of sp³-hybridized carbons (Fsp3) is 0.250. The summed E-state index contributed by atoms with van der Waals surface area (Å²) in [4.78, 5) is 16.8. The summed E-state index contributed by atoms with van der Waals surface area (Å²) < 4.78 is 5.18. The number of nitrogens with one attached hydrogen (secondary N) is 1. The summed E-state index contributed by atoms with van der Waals surface area (Å²) in [5, 5.41) is 13.6. The Bertz CT molecular complexity index is 847. The number of amides is 1. The molecule has 2 heterocycles. The maximum Gasteiger partial charge on any atom is 0.252 e. The maximum atomic E-state index is 12.5. The molecule has 3 aromatic rings. The van der Waals surface area contributed by atoms with E-state index < -0.39 is 0 Å². The second-order valence-corrected chi connectivity index (χ2v) is 6.22. The predicted octanol–water partition coefficient (Wildman–Crippen LogP) is 2.38. The van der Waals surface area contributed by atoms with Crippen molar-refractivity contribution in [2.45, 2.75) is 13.3 Å². The van der Waals surface area contributed by atoms with Crippen LogP contribution in [-0.4, -0.2) is 34.7 Å². The number of ether oxygens (including phenoxy) is 1. The van der Waals surface area contributed by atoms with Crippen LogP contribution in [0, 0.1) is 6.92 Å². The number of carbonyl (C=O) groups excluding carboxylic acids is 1. The second-order valence-electron chi connectivity index (χ2n) is 4.95. The molecular formula is C16H16N4O2S. The standard InChI is InChI=1S/C16H16N4O2S/c1-10-19-20-15(23-10)7-8-17-16(21)12-9-14(22-2)18-13-6-4-3-5-11(12)13/h3-6,9H,7-8H2,1-2H3,(H,17,21). The lowest BCUT2D eigenvalue weighted by molar-refractivity contribution is 0.0955. The van der Waals surface area contributed by atoms with Gasteiger partial charge in [-0.2, -0.15) is 0 Å². The van der Waals surface area contributed by atoms with Crippen LogP contribution in [0.3, 0.4) is 0 Å². The molecule has 0 atom stereocenters. The zero-order chi connectivity index (χ0) is 16.2. The number of carbonyl (C=O) groups is 1. The summed E-state index contributed by atoms with van der Waals surface area (Å²) in [6, 6.07) is 9.17. The summed E-state index contributed by atoms with van der Waals surface area (Å²) in [7, 11) is 1.54. The number of hydrogen-bond donors (Lipinski definition) is 1. The van der Waals surface area contributed by atoms with E-state index >= 15 is 0 Å². The average molecular weight is 328 g/mol. The molecule has 1 aromatic carbocycles. The van der Waals surface area contributed by atoms with E-state index in [4.69, 9.17) is 4.74 Å². The van der Waals surface area contributed by atoms with Crippen molar-refractivity contribution in [3.63, 3.8) is 0 Å². The third kappa shape index (κ3) is 3.45. The lowest BCUT2D eigenvalue weighted by Gasteiger charge is -2.09. The molecule has 0 bridgehead atoms. The number of aromatic nitrogens is 3. The van der Waals surface area contributed by atoms with Gasteiger partial charge in [0.1, 0.15) is 10.0 Å². The summed E-state index contributed by atoms with van der Waals surface area (Å²) in [5.74, 6) is 0.275. The van der Waals surface area contributed by atoms with E-state index in [2.05, 4.69) is 20.5 Å². The molecule has 0 fully saturated rings. The number of para-hydroxylation sites is 1. The van der Waals surface area contributed by atoms with Gasteiger partial charge in [-0.3, -0.25) is 4.79 Å². The number of hydrogen-bond acceptors (Lipinski definition) is 6. The zero-order valence-corrected chi connectivity index (χ0v) is 13.7. The lowest BCUT2D eigenvalue weighted by Crippen LogP contribution is -2.26. The SMILES string of the molecule is COc1cc(C(=O)NCCc2nnc(C)s2)c2ccccc2n1. The molecule has 0 unspecified atom stereocenters. The highest BCUT2D eigenvalue weighted by atomic mass is 32.1. The van der Waals surface area contributed by atoms with Crippen molar-refractivity contribution in [2.24, 2.45) is 0 Å². The van der Waals surface area contributed by atoms with E-state index in [9.17, 15) is 4.79 Å². The van der Waals surface area contributed by atoms with Crippen molar-refractivity contribution < 1.29 is 9.53 Å². The van der Waals surface area contributed by atoms with Crippen molar-refractivity contribution in [1.82, 2.24) is 20.5 Å². The first-order valence-electron chi connectivity index (χ1n) is 7.18. The molecule has 0 saturated heterocycles. The van der Waals surface area contributed by atoms with Gasteiger partial charge in [-0.05, 0) is 13.0 Å². The Morgan fingerprint density at radius 3 is 2.87 bits per heavy atom. The summed E-state index contributed by atoms with van der Waals surface area (Å²) in [5.41, 5.74) is 1.29. The minimum Gasteiger partial charge on any atom is -0.481 e. The van der Waals surface area contributed by atoms with Gasteiger partial charge in [0.2, 0.25) is 5.88 Å². The van der Waals surface area contributed by atoms with Crippen molar-refractivity contribution in [1.29, 1.82) is 0 Å². The van der Waals surface area contributed by atoms with Crippen LogP contribution >= 0.6 is 11.3 Å². The predicted molar refractivity (Wildman–Crippen MR) is 89.0 cm³/mol. The molecule has 2 aromatic heterocycles. The van der Waals surface area contributed by atoms with Gasteiger partial charge >= 0.3 is 0 Å². The van der Waals surface area contributed by atoms with Crippen LogP contribution in [-0.2, 0) is 6.42 Å². The first kappa shape index (κ1) is 15.4. The van der Waals surface area contributed by atoms with Gasteiger partial charge in [-0.15, -0.1) is 21.5 Å². The largest absolute Gasteiger partial charge is 0.481 e. The van der Waals surface area contributed by atoms with Crippen molar-refractivity contribution >= 4 is 28.1 Å². The quantitative estimate of drug-likeness (QED) is 0.778. The molecule has 23 heavy (non-hydrogen) atoms. The topological polar surface area (TPSA) is 77.0 Å². The van der Waals surface area contributed by atoms with Gasteiger partial charge in [0.15, 0.2) is 0 Å². The molecule has 118 valence electrons. The molecular weight excluding hydrogens is 312 g/mol. The minimum atomic E-state index is -0.150. The molecule has 3 rings (SSSR count). The Hall–Kier alpha value is -2.54. The third-order valence-corrected chi connectivity index (χ3v) is 4.24. The van der Waals surface area contributed by atoms with Crippen molar-refractivity contribution in [3.8, 4) is 5.88 Å². The van der Waals surface area contributed by atoms with E-state index in [0.717, 1.165) is 20.9 Å². The molecule has 0 radical (unpaired) electrons. The van der Waals surface area contributed by atoms with Gasteiger partial charge in [0.25, 0.3) is 5.91 Å². The van der Waals surface area contributed by atoms with Gasteiger partial charge in [0, 0.05) is 24.4 Å². The Morgan fingerprint density at radius 2 is 2.13 bits per heavy atom. The monoisotopic (exact) mass is 328 g/mol. The van der Waals surface area contributed by atoms with Crippen LogP contribution in [0.5, 0.6) is 5.88 Å². The fourth-order valence-corrected chi connectivity index (χ4v) is 2.97. The highest BCUT2D eigenvalue weighted by molar-refractivity contribution is 7.11. The van der Waals surface area contributed by atoms with E-state index in [1.807, 2.05) is 31.2 Å². The van der Waals surface area contributed by atoms with Crippen LogP contribution in [0.25, 0.3) is 10.9 Å². The second kappa shape index (κ2) is 6.70. The van der Waals surface area contributed by atoms with E-state index in [1.54, 1.807) is 17.4 Å². The molecule has 0 aliphatic heterocycles. The van der Waals surface area contributed by atoms with Crippen LogP contribution in [0.4, 0.5) is 0 Å². The summed E-state index contributed by atoms with van der Waals surface area (Å²) in [6.45, 7) is 2.42. The number of methoxy groups -OCH3 is 1. The number of fused-ring (bicyclic) bond motifs is 1. The first-order valence-corrected chi connectivity index (χ1v) is 8.00. The van der Waals surface area contributed by atoms with E-state index in [1.165, 1.54) is 7.11 Å². The zero-order valence-electron chi connectivity index (χ0n) is 12.9. The molecule has 6 nitrogen and oxygen atoms in total. The van der Waals surface area contributed by atoms with Crippen LogP contribution in [0.1, 0.15) is 20.4 Å². The van der Waals surface area contributed by atoms with E-state index in [0.29, 0.717) is 24.4 Å². The van der Waals surface area contributed by atoms with Crippen LogP contribution < -0.4 is 10.1 Å². The number of pyridine rings is 1. The Labute approximate surface area is 137 Å². The number of aryl methyl sites for hydroxylation is 1. The van der Waals surface area contributed by atoms with Gasteiger partial charge in [-0.25, -0.2) is 4.98 Å². The molecule has 7 heteroatoms. The molecule has 0 saturated carbocycles. The molecule has 0 aliphatic rings. The average Bonchev–Trinajstić information content (AvgIpc) is 2.99. The smallest absolute Gasteiger partial charge is 0.252 e. The fourth-order valence-electron chi connectivity index (χ4n) is 2.26. The van der Waals surface area contributed by atoms with Gasteiger partial charge < -0.3 is 10.1 Å². The summed E-state index contributed by atoms with van der Waals surface area (Å²) >= 11 is 1.54. The summed E-state index contributed by atoms with van der Waals surface area (Å²) in [6.07, 6.45) is 0.664. The minimum absolute atomic E-state index is 0.150. The maximum absolute atomic E-state index is 12.5. The van der Waals surface area contributed by atoms with E-state index in [-0.39, 0.29) is 5.91 Å². The van der Waals surface area contributed by atoms with Crippen LogP contribution in [0.15, 0.2) is 30.3 Å². The van der Waals surface area contributed by atoms with Crippen LogP contribution in [0.2, 0.25) is 0 Å². The number of nitrogens with zero attached hydrogens (tertiary/aromatic N) is 3. The van der Waals surface area contributed by atoms with Gasteiger partial charge in [-0.1, -0.05) is 18.2 Å². The third-order valence-electron chi connectivity index (χ3n) is 3.34. The molecule has 1 N–H and O–H groups in total. The highest BCUT2D eigenvalue weighted by Gasteiger charge is 2.13. The number of rotatable bonds is 5. The normalized spacial score (nSPS) is 10.7. The Morgan fingerprint density at radius 1 is 1.30 bits per heavy atom. The number of benzene rings is 1. The Balaban J connectivity index is 1.77. The van der Waals surface area contributed by atoms with Crippen molar-refractivity contribution in [3.05, 3.63) is 45.9 Å². The van der Waals surface area contributed by atoms with Gasteiger partial charge in [0.05, 0.1) is 18.2 Å². The highest BCUT2D eigenvalue weighted by Crippen LogP contribution is 2.21. The van der Waals surface area contributed by atoms with Crippen molar-refractivity contribution in [2.75, 3.05) is 13.7 Å². The Kier molecular flexibility index (Phi) is 4.47.